The topological polar surface area (TPSA) is 129 Å². The number of aromatic nitrogens is 2. The van der Waals surface area contributed by atoms with Gasteiger partial charge in [0.05, 0.1) is 23.4 Å². The van der Waals surface area contributed by atoms with Crippen molar-refractivity contribution in [2.24, 2.45) is 0 Å². The molecule has 3 heterocycles. The third-order valence-electron chi connectivity index (χ3n) is 8.31. The van der Waals surface area contributed by atoms with Gasteiger partial charge in [-0.15, -0.1) is 0 Å². The van der Waals surface area contributed by atoms with E-state index in [0.717, 1.165) is 63.0 Å². The van der Waals surface area contributed by atoms with E-state index in [4.69, 9.17) is 4.74 Å². The quantitative estimate of drug-likeness (QED) is 0.200. The maximum absolute atomic E-state index is 12.9. The Balaban J connectivity index is 1.36. The molecule has 2 aromatic carbocycles. The SMILES string of the molecule is COc1cc(N2CCC(N3CCN(C)CC3)CC2)c([N+](=O)[O-])cc1Nc1ncc(C)c(Nc2ccccc2P(C)(C)=O)n1. The average Bonchev–Trinajstić information content (AvgIpc) is 2.99. The Hall–Kier alpha value is -3.73. The summed E-state index contributed by atoms with van der Waals surface area (Å²) >= 11 is 0. The van der Waals surface area contributed by atoms with Crippen LogP contribution in [-0.4, -0.2) is 97.5 Å². The molecule has 43 heavy (non-hydrogen) atoms. The molecule has 13 heteroatoms. The van der Waals surface area contributed by atoms with Crippen molar-refractivity contribution in [2.75, 3.05) is 82.3 Å². The van der Waals surface area contributed by atoms with Gasteiger partial charge in [0, 0.05) is 74.5 Å². The van der Waals surface area contributed by atoms with Crippen LogP contribution in [-0.2, 0) is 4.57 Å². The van der Waals surface area contributed by atoms with Crippen molar-refractivity contribution in [3.63, 3.8) is 0 Å². The minimum atomic E-state index is -2.54. The molecule has 2 aliphatic rings. The van der Waals surface area contributed by atoms with Crippen LogP contribution in [0.25, 0.3) is 0 Å². The van der Waals surface area contributed by atoms with Crippen molar-refractivity contribution in [3.8, 4) is 5.75 Å². The summed E-state index contributed by atoms with van der Waals surface area (Å²) in [6, 6.07) is 11.2. The Morgan fingerprint density at radius 1 is 1.02 bits per heavy atom. The lowest BCUT2D eigenvalue weighted by atomic mass is 10.0. The number of ether oxygens (including phenoxy) is 1. The number of likely N-dealkylation sites (N-methyl/N-ethyl adjacent to an activating group) is 1. The summed E-state index contributed by atoms with van der Waals surface area (Å²) in [7, 11) is 1.16. The van der Waals surface area contributed by atoms with Gasteiger partial charge < -0.3 is 29.7 Å². The summed E-state index contributed by atoms with van der Waals surface area (Å²) in [5, 5.41) is 19.4. The summed E-state index contributed by atoms with van der Waals surface area (Å²) in [6.07, 6.45) is 3.59. The molecule has 2 saturated heterocycles. The number of piperazine rings is 1. The fourth-order valence-corrected chi connectivity index (χ4v) is 6.96. The molecule has 3 aromatic rings. The monoisotopic (exact) mass is 608 g/mol. The molecule has 0 atom stereocenters. The van der Waals surface area contributed by atoms with Crippen LogP contribution in [0.3, 0.4) is 0 Å². The molecule has 0 bridgehead atoms. The van der Waals surface area contributed by atoms with Crippen LogP contribution in [0.2, 0.25) is 0 Å². The lowest BCUT2D eigenvalue weighted by Crippen LogP contribution is -2.52. The van der Waals surface area contributed by atoms with Gasteiger partial charge in [-0.2, -0.15) is 4.98 Å². The lowest BCUT2D eigenvalue weighted by molar-refractivity contribution is -0.384. The van der Waals surface area contributed by atoms with Gasteiger partial charge in [0.25, 0.3) is 5.69 Å². The van der Waals surface area contributed by atoms with Crippen LogP contribution in [0.1, 0.15) is 18.4 Å². The molecule has 0 aliphatic carbocycles. The Kier molecular flexibility index (Phi) is 9.19. The number of methoxy groups -OCH3 is 1. The molecular weight excluding hydrogens is 567 g/mol. The number of rotatable bonds is 9. The Bertz CT molecular complexity index is 1510. The summed E-state index contributed by atoms with van der Waals surface area (Å²) in [4.78, 5) is 28.0. The van der Waals surface area contributed by atoms with Crippen LogP contribution < -0.4 is 25.6 Å². The molecule has 2 aliphatic heterocycles. The zero-order chi connectivity index (χ0) is 30.7. The molecule has 12 nitrogen and oxygen atoms in total. The van der Waals surface area contributed by atoms with Gasteiger partial charge in [-0.25, -0.2) is 4.98 Å². The number of nitro groups is 1. The van der Waals surface area contributed by atoms with Crippen LogP contribution >= 0.6 is 7.14 Å². The van der Waals surface area contributed by atoms with Crippen molar-refractivity contribution < 1.29 is 14.2 Å². The molecular formula is C30H41N8O4P. The highest BCUT2D eigenvalue weighted by Gasteiger charge is 2.30. The lowest BCUT2D eigenvalue weighted by Gasteiger charge is -2.42. The third-order valence-corrected chi connectivity index (χ3v) is 9.86. The number of hydrogen-bond donors (Lipinski definition) is 2. The van der Waals surface area contributed by atoms with Crippen molar-refractivity contribution in [2.45, 2.75) is 25.8 Å². The van der Waals surface area contributed by atoms with Crippen molar-refractivity contribution in [1.29, 1.82) is 0 Å². The Morgan fingerprint density at radius 2 is 1.72 bits per heavy atom. The van der Waals surface area contributed by atoms with Gasteiger partial charge in [0.1, 0.15) is 24.4 Å². The van der Waals surface area contributed by atoms with E-state index in [0.29, 0.717) is 34.7 Å². The zero-order valence-electron chi connectivity index (χ0n) is 25.5. The molecule has 2 fully saturated rings. The Labute approximate surface area is 253 Å². The van der Waals surface area contributed by atoms with Crippen LogP contribution in [0.15, 0.2) is 42.6 Å². The van der Waals surface area contributed by atoms with E-state index >= 15 is 0 Å². The number of hydrogen-bond acceptors (Lipinski definition) is 11. The number of nitrogens with one attached hydrogen (secondary N) is 2. The highest BCUT2D eigenvalue weighted by Crippen LogP contribution is 2.41. The normalized spacial score (nSPS) is 17.1. The molecule has 0 unspecified atom stereocenters. The average molecular weight is 609 g/mol. The Morgan fingerprint density at radius 3 is 2.37 bits per heavy atom. The van der Waals surface area contributed by atoms with Crippen molar-refractivity contribution in [1.82, 2.24) is 19.8 Å². The maximum atomic E-state index is 12.9. The number of piperidine rings is 1. The number of aryl methyl sites for hydroxylation is 1. The predicted molar refractivity (Wildman–Crippen MR) is 173 cm³/mol. The van der Waals surface area contributed by atoms with E-state index in [9.17, 15) is 14.7 Å². The minimum absolute atomic E-state index is 0.00220. The van der Waals surface area contributed by atoms with Gasteiger partial charge in [-0.1, -0.05) is 12.1 Å². The molecule has 0 radical (unpaired) electrons. The third kappa shape index (κ3) is 7.09. The first-order valence-corrected chi connectivity index (χ1v) is 17.2. The molecule has 0 spiro atoms. The fraction of sp³-hybridized carbons (Fsp3) is 0.467. The first kappa shape index (κ1) is 30.7. The van der Waals surface area contributed by atoms with E-state index in [2.05, 4.69) is 42.3 Å². The largest absolute Gasteiger partial charge is 0.494 e. The zero-order valence-corrected chi connectivity index (χ0v) is 26.4. The number of benzene rings is 2. The molecule has 0 saturated carbocycles. The maximum Gasteiger partial charge on any atom is 0.294 e. The number of nitro benzene ring substituents is 1. The van der Waals surface area contributed by atoms with E-state index in [-0.39, 0.29) is 16.6 Å². The van der Waals surface area contributed by atoms with Gasteiger partial charge in [-0.05, 0) is 52.3 Å². The fourth-order valence-electron chi connectivity index (χ4n) is 5.81. The summed E-state index contributed by atoms with van der Waals surface area (Å²) in [5.41, 5.74) is 2.44. The standard InChI is InChI=1S/C30H41N8O4P/c1-21-20-31-30(34-29(21)32-23-8-6-7-9-28(23)43(4,5)41)33-24-18-26(38(39)40)25(19-27(24)42-3)37-12-10-22(11-13-37)36-16-14-35(2)15-17-36/h6-9,18-20,22H,10-17H2,1-5H3,(H2,31,32,33,34). The number of para-hydroxylation sites is 1. The molecule has 1 aromatic heterocycles. The smallest absolute Gasteiger partial charge is 0.294 e. The highest BCUT2D eigenvalue weighted by atomic mass is 31.2. The van der Waals surface area contributed by atoms with Crippen molar-refractivity contribution >= 4 is 47.0 Å². The van der Waals surface area contributed by atoms with Gasteiger partial charge in [0.15, 0.2) is 0 Å². The number of anilines is 5. The second-order valence-corrected chi connectivity index (χ2v) is 14.9. The summed E-state index contributed by atoms with van der Waals surface area (Å²) in [5.74, 6) is 1.24. The van der Waals surface area contributed by atoms with Gasteiger partial charge >= 0.3 is 0 Å². The second kappa shape index (κ2) is 12.9. The van der Waals surface area contributed by atoms with E-state index in [1.807, 2.05) is 31.2 Å². The summed E-state index contributed by atoms with van der Waals surface area (Å²) in [6.45, 7) is 11.1. The molecule has 0 amide bonds. The van der Waals surface area contributed by atoms with Crippen LogP contribution in [0.4, 0.5) is 34.5 Å². The molecule has 2 N–H and O–H groups in total. The molecule has 5 rings (SSSR count). The number of nitrogens with zero attached hydrogens (tertiary/aromatic N) is 6. The van der Waals surface area contributed by atoms with E-state index in [1.54, 1.807) is 32.7 Å². The predicted octanol–water partition coefficient (Wildman–Crippen LogP) is 4.65. The van der Waals surface area contributed by atoms with E-state index in [1.165, 1.54) is 6.07 Å². The molecule has 230 valence electrons. The van der Waals surface area contributed by atoms with E-state index < -0.39 is 7.14 Å². The van der Waals surface area contributed by atoms with Crippen LogP contribution in [0, 0.1) is 17.0 Å². The van der Waals surface area contributed by atoms with Gasteiger partial charge in [-0.3, -0.25) is 15.0 Å². The first-order valence-electron chi connectivity index (χ1n) is 14.6. The minimum Gasteiger partial charge on any atom is -0.494 e. The second-order valence-electron chi connectivity index (χ2n) is 11.7. The first-order chi connectivity index (χ1) is 20.5. The van der Waals surface area contributed by atoms with Gasteiger partial charge in [0.2, 0.25) is 5.95 Å². The summed E-state index contributed by atoms with van der Waals surface area (Å²) < 4.78 is 18.5. The van der Waals surface area contributed by atoms with Crippen molar-refractivity contribution in [3.05, 3.63) is 58.3 Å². The highest BCUT2D eigenvalue weighted by molar-refractivity contribution is 7.70. The van der Waals surface area contributed by atoms with Crippen LogP contribution in [0.5, 0.6) is 5.75 Å².